The molecular formula is C19H17N3O2. The monoisotopic (exact) mass is 319 g/mol. The third kappa shape index (κ3) is 5.46. The highest BCUT2D eigenvalue weighted by Crippen LogP contribution is 2.18. The summed E-state index contributed by atoms with van der Waals surface area (Å²) in [5.41, 5.74) is 2.33. The molecule has 0 bridgehead atoms. The molecule has 2 rings (SSSR count). The van der Waals surface area contributed by atoms with Crippen molar-refractivity contribution in [3.63, 3.8) is 0 Å². The lowest BCUT2D eigenvalue weighted by Gasteiger charge is -1.96. The number of para-hydroxylation sites is 1. The average molecular weight is 319 g/mol. The van der Waals surface area contributed by atoms with Crippen LogP contribution in [0.2, 0.25) is 0 Å². The Morgan fingerprint density at radius 2 is 1.75 bits per heavy atom. The van der Waals surface area contributed by atoms with Gasteiger partial charge in [0.05, 0.1) is 16.2 Å². The summed E-state index contributed by atoms with van der Waals surface area (Å²) >= 11 is 0. The minimum absolute atomic E-state index is 0.0656. The summed E-state index contributed by atoms with van der Waals surface area (Å²) < 4.78 is 0. The summed E-state index contributed by atoms with van der Waals surface area (Å²) in [6.45, 7) is 1.78. The molecule has 0 saturated heterocycles. The molecule has 5 heteroatoms. The van der Waals surface area contributed by atoms with Crippen molar-refractivity contribution in [2.45, 2.75) is 6.92 Å². The van der Waals surface area contributed by atoms with Crippen molar-refractivity contribution < 1.29 is 4.92 Å². The molecule has 24 heavy (non-hydrogen) atoms. The molecule has 0 N–H and O–H groups in total. The van der Waals surface area contributed by atoms with E-state index in [0.717, 1.165) is 5.56 Å². The molecule has 0 radical (unpaired) electrons. The summed E-state index contributed by atoms with van der Waals surface area (Å²) in [7, 11) is 0. The standard InChI is InChI=1S/C19H17N3O2/c1-16(13-14-18-11-5-6-12-19(18)22(23)24)21-20-15-7-10-17-8-3-2-4-9-17/h2-15H,1H3/b10-7+,14-13+,20-15-,21-16-. The minimum atomic E-state index is -0.404. The van der Waals surface area contributed by atoms with Crippen LogP contribution in [0.3, 0.4) is 0 Å². The van der Waals surface area contributed by atoms with Gasteiger partial charge in [-0.1, -0.05) is 48.5 Å². The van der Waals surface area contributed by atoms with Crippen LogP contribution in [0.25, 0.3) is 12.2 Å². The summed E-state index contributed by atoms with van der Waals surface area (Å²) in [6, 6.07) is 16.4. The Bertz CT molecular complexity index is 806. The number of benzene rings is 2. The Morgan fingerprint density at radius 1 is 1.04 bits per heavy atom. The largest absolute Gasteiger partial charge is 0.276 e. The zero-order valence-corrected chi connectivity index (χ0v) is 13.2. The van der Waals surface area contributed by atoms with E-state index in [9.17, 15) is 10.1 Å². The van der Waals surface area contributed by atoms with E-state index in [1.165, 1.54) is 6.07 Å². The lowest BCUT2D eigenvalue weighted by atomic mass is 10.1. The van der Waals surface area contributed by atoms with Crippen LogP contribution < -0.4 is 0 Å². The smallest absolute Gasteiger partial charge is 0.258 e. The van der Waals surface area contributed by atoms with Gasteiger partial charge in [0.2, 0.25) is 0 Å². The number of nitro benzene ring substituents is 1. The molecule has 0 aliphatic rings. The van der Waals surface area contributed by atoms with Crippen molar-refractivity contribution in [1.29, 1.82) is 0 Å². The van der Waals surface area contributed by atoms with E-state index >= 15 is 0 Å². The predicted octanol–water partition coefficient (Wildman–Crippen LogP) is 4.77. The molecular weight excluding hydrogens is 302 g/mol. The summed E-state index contributed by atoms with van der Waals surface area (Å²) in [5, 5.41) is 18.9. The van der Waals surface area contributed by atoms with E-state index in [4.69, 9.17) is 0 Å². The van der Waals surface area contributed by atoms with Gasteiger partial charge in [-0.15, -0.1) is 0 Å². The first-order valence-electron chi connectivity index (χ1n) is 7.37. The SMILES string of the molecule is CC(/C=C/c1ccccc1[N+](=O)[O-])=N/N=C\C=C\c1ccccc1. The molecule has 0 aliphatic carbocycles. The van der Waals surface area contributed by atoms with Gasteiger partial charge in [-0.25, -0.2) is 0 Å². The summed E-state index contributed by atoms with van der Waals surface area (Å²) in [4.78, 5) is 10.5. The van der Waals surface area contributed by atoms with Gasteiger partial charge in [0.25, 0.3) is 5.69 Å². The van der Waals surface area contributed by atoms with Crippen molar-refractivity contribution in [2.24, 2.45) is 10.2 Å². The second-order valence-corrected chi connectivity index (χ2v) is 4.92. The fourth-order valence-electron chi connectivity index (χ4n) is 1.92. The zero-order chi connectivity index (χ0) is 17.2. The summed E-state index contributed by atoms with van der Waals surface area (Å²) in [5.74, 6) is 0. The Hall–Kier alpha value is -3.34. The van der Waals surface area contributed by atoms with Crippen molar-refractivity contribution >= 4 is 29.8 Å². The van der Waals surface area contributed by atoms with E-state index < -0.39 is 4.92 Å². The number of hydrogen-bond acceptors (Lipinski definition) is 4. The van der Waals surface area contributed by atoms with Crippen molar-refractivity contribution in [2.75, 3.05) is 0 Å². The van der Waals surface area contributed by atoms with Crippen LogP contribution in [0, 0.1) is 10.1 Å². The second kappa shape index (κ2) is 8.95. The maximum Gasteiger partial charge on any atom is 0.276 e. The van der Waals surface area contributed by atoms with Crippen LogP contribution >= 0.6 is 0 Å². The molecule has 2 aromatic carbocycles. The first kappa shape index (κ1) is 17.0. The van der Waals surface area contributed by atoms with Crippen LogP contribution in [0.5, 0.6) is 0 Å². The number of rotatable bonds is 6. The Labute approximate surface area is 140 Å². The maximum atomic E-state index is 10.9. The van der Waals surface area contributed by atoms with Gasteiger partial charge in [-0.2, -0.15) is 10.2 Å². The van der Waals surface area contributed by atoms with Gasteiger partial charge >= 0.3 is 0 Å². The normalized spacial score (nSPS) is 12.5. The fraction of sp³-hybridized carbons (Fsp3) is 0.0526. The van der Waals surface area contributed by atoms with Crippen molar-refractivity contribution in [1.82, 2.24) is 0 Å². The average Bonchev–Trinajstić information content (AvgIpc) is 2.60. The minimum Gasteiger partial charge on any atom is -0.258 e. The van der Waals surface area contributed by atoms with E-state index in [2.05, 4.69) is 10.2 Å². The molecule has 0 amide bonds. The van der Waals surface area contributed by atoms with Gasteiger partial charge in [-0.3, -0.25) is 10.1 Å². The van der Waals surface area contributed by atoms with E-state index in [0.29, 0.717) is 11.3 Å². The molecule has 0 aliphatic heterocycles. The summed E-state index contributed by atoms with van der Waals surface area (Å²) in [6.07, 6.45) is 8.68. The Balaban J connectivity index is 1.98. The van der Waals surface area contributed by atoms with Crippen LogP contribution in [-0.2, 0) is 0 Å². The van der Waals surface area contributed by atoms with Crippen molar-refractivity contribution in [3.05, 3.63) is 88.0 Å². The Morgan fingerprint density at radius 3 is 2.50 bits per heavy atom. The number of nitrogens with zero attached hydrogens (tertiary/aromatic N) is 3. The van der Waals surface area contributed by atoms with Gasteiger partial charge in [0.1, 0.15) is 0 Å². The fourth-order valence-corrected chi connectivity index (χ4v) is 1.92. The van der Waals surface area contributed by atoms with Crippen molar-refractivity contribution in [3.8, 4) is 0 Å². The van der Waals surface area contributed by atoms with Crippen LogP contribution in [0.15, 0.2) is 77.0 Å². The zero-order valence-electron chi connectivity index (χ0n) is 13.2. The van der Waals surface area contributed by atoms with Crippen LogP contribution in [-0.4, -0.2) is 16.8 Å². The first-order chi connectivity index (χ1) is 11.7. The van der Waals surface area contributed by atoms with E-state index in [1.807, 2.05) is 36.4 Å². The molecule has 0 aromatic heterocycles. The van der Waals surface area contributed by atoms with E-state index in [1.54, 1.807) is 49.6 Å². The molecule has 0 heterocycles. The predicted molar refractivity (Wildman–Crippen MR) is 99.2 cm³/mol. The third-order valence-electron chi connectivity index (χ3n) is 3.09. The van der Waals surface area contributed by atoms with Gasteiger partial charge < -0.3 is 0 Å². The van der Waals surface area contributed by atoms with Gasteiger partial charge in [-0.05, 0) is 36.8 Å². The molecule has 2 aromatic rings. The topological polar surface area (TPSA) is 67.9 Å². The number of allylic oxidation sites excluding steroid dienone is 2. The highest BCUT2D eigenvalue weighted by molar-refractivity contribution is 5.97. The molecule has 120 valence electrons. The lowest BCUT2D eigenvalue weighted by Crippen LogP contribution is -1.91. The van der Waals surface area contributed by atoms with Crippen LogP contribution in [0.1, 0.15) is 18.1 Å². The molecule has 0 saturated carbocycles. The maximum absolute atomic E-state index is 10.9. The Kier molecular flexibility index (Phi) is 6.35. The highest BCUT2D eigenvalue weighted by Gasteiger charge is 2.08. The first-order valence-corrected chi connectivity index (χ1v) is 7.37. The molecule has 0 atom stereocenters. The molecule has 5 nitrogen and oxygen atoms in total. The molecule has 0 fully saturated rings. The van der Waals surface area contributed by atoms with E-state index in [-0.39, 0.29) is 5.69 Å². The van der Waals surface area contributed by atoms with Crippen LogP contribution in [0.4, 0.5) is 5.69 Å². The van der Waals surface area contributed by atoms with Gasteiger partial charge in [0.15, 0.2) is 0 Å². The second-order valence-electron chi connectivity index (χ2n) is 4.92. The number of hydrogen-bond donors (Lipinski definition) is 0. The highest BCUT2D eigenvalue weighted by atomic mass is 16.6. The number of nitro groups is 1. The molecule has 0 spiro atoms. The van der Waals surface area contributed by atoms with Gasteiger partial charge in [0, 0.05) is 12.3 Å². The third-order valence-corrected chi connectivity index (χ3v) is 3.09. The lowest BCUT2D eigenvalue weighted by molar-refractivity contribution is -0.385. The quantitative estimate of drug-likeness (QED) is 0.437. The molecule has 0 unspecified atom stereocenters.